The highest BCUT2D eigenvalue weighted by Gasteiger charge is 2.16. The van der Waals surface area contributed by atoms with Crippen molar-refractivity contribution in [2.75, 3.05) is 6.54 Å². The van der Waals surface area contributed by atoms with Gasteiger partial charge in [-0.05, 0) is 56.2 Å². The first-order valence-corrected chi connectivity index (χ1v) is 6.85. The van der Waals surface area contributed by atoms with E-state index in [-0.39, 0.29) is 11.6 Å². The molecule has 1 aromatic heterocycles. The van der Waals surface area contributed by atoms with Crippen LogP contribution in [0.4, 0.5) is 0 Å². The smallest absolute Gasteiger partial charge is 0.335 e. The first-order valence-electron chi connectivity index (χ1n) is 6.85. The summed E-state index contributed by atoms with van der Waals surface area (Å²) in [6.07, 6.45) is 0. The van der Waals surface area contributed by atoms with Crippen molar-refractivity contribution in [3.8, 4) is 5.69 Å². The fourth-order valence-electron chi connectivity index (χ4n) is 2.70. The van der Waals surface area contributed by atoms with E-state index in [0.717, 1.165) is 28.2 Å². The Morgan fingerprint density at radius 3 is 2.48 bits per heavy atom. The zero-order valence-corrected chi connectivity index (χ0v) is 12.6. The van der Waals surface area contributed by atoms with E-state index >= 15 is 0 Å². The maximum Gasteiger partial charge on any atom is 0.335 e. The predicted molar refractivity (Wildman–Crippen MR) is 82.9 cm³/mol. The number of carboxylic acid groups (broad SMARTS) is 1. The van der Waals surface area contributed by atoms with Crippen molar-refractivity contribution < 1.29 is 9.90 Å². The Kier molecular flexibility index (Phi) is 4.16. The summed E-state index contributed by atoms with van der Waals surface area (Å²) in [6.45, 7) is 6.30. The van der Waals surface area contributed by atoms with Gasteiger partial charge >= 0.3 is 5.97 Å². The Labute approximate surface area is 124 Å². The standard InChI is InChI=1S/C16H21N3O2/c1-9-6-12(16(20)21)4-5-15(9)19-10(2)7-13(11(19)3)14(18)8-17/h4-7,14H,8,17-18H2,1-3H3,(H,20,21). The summed E-state index contributed by atoms with van der Waals surface area (Å²) in [5.74, 6) is -0.920. The lowest BCUT2D eigenvalue weighted by atomic mass is 10.1. The van der Waals surface area contributed by atoms with Crippen LogP contribution in [0, 0.1) is 20.8 Å². The van der Waals surface area contributed by atoms with Crippen LogP contribution in [0.25, 0.3) is 5.69 Å². The second-order valence-electron chi connectivity index (χ2n) is 5.31. The molecule has 5 N–H and O–H groups in total. The largest absolute Gasteiger partial charge is 0.478 e. The Balaban J connectivity index is 2.57. The second kappa shape index (κ2) is 5.71. The molecular weight excluding hydrogens is 266 g/mol. The number of carboxylic acids is 1. The molecule has 1 heterocycles. The predicted octanol–water partition coefficient (Wildman–Crippen LogP) is 2.06. The van der Waals surface area contributed by atoms with Crippen molar-refractivity contribution in [2.24, 2.45) is 11.5 Å². The van der Waals surface area contributed by atoms with Gasteiger partial charge in [-0.1, -0.05) is 0 Å². The first-order chi connectivity index (χ1) is 9.86. The molecule has 112 valence electrons. The van der Waals surface area contributed by atoms with Gasteiger partial charge in [-0.3, -0.25) is 0 Å². The lowest BCUT2D eigenvalue weighted by Crippen LogP contribution is -2.21. The van der Waals surface area contributed by atoms with Crippen molar-refractivity contribution in [2.45, 2.75) is 26.8 Å². The van der Waals surface area contributed by atoms with Gasteiger partial charge < -0.3 is 21.1 Å². The molecule has 0 radical (unpaired) electrons. The van der Waals surface area contributed by atoms with Gasteiger partial charge in [0.15, 0.2) is 0 Å². The summed E-state index contributed by atoms with van der Waals surface area (Å²) in [6, 6.07) is 6.97. The summed E-state index contributed by atoms with van der Waals surface area (Å²) in [7, 11) is 0. The molecule has 1 unspecified atom stereocenters. The number of aryl methyl sites for hydroxylation is 2. The molecule has 21 heavy (non-hydrogen) atoms. The molecular formula is C16H21N3O2. The Morgan fingerprint density at radius 1 is 1.29 bits per heavy atom. The van der Waals surface area contributed by atoms with Crippen LogP contribution in [0.3, 0.4) is 0 Å². The summed E-state index contributed by atoms with van der Waals surface area (Å²) in [5.41, 5.74) is 17.0. The van der Waals surface area contributed by atoms with E-state index in [0.29, 0.717) is 6.54 Å². The third-order valence-electron chi connectivity index (χ3n) is 3.81. The number of aromatic carboxylic acids is 1. The second-order valence-corrected chi connectivity index (χ2v) is 5.31. The quantitative estimate of drug-likeness (QED) is 0.802. The number of hydrogen-bond donors (Lipinski definition) is 3. The minimum absolute atomic E-state index is 0.191. The van der Waals surface area contributed by atoms with Crippen LogP contribution in [0.15, 0.2) is 24.3 Å². The summed E-state index contributed by atoms with van der Waals surface area (Å²) in [5, 5.41) is 9.05. The van der Waals surface area contributed by atoms with E-state index in [1.54, 1.807) is 12.1 Å². The summed E-state index contributed by atoms with van der Waals surface area (Å²) < 4.78 is 2.09. The van der Waals surface area contributed by atoms with Crippen LogP contribution >= 0.6 is 0 Å². The van der Waals surface area contributed by atoms with Gasteiger partial charge in [0.2, 0.25) is 0 Å². The van der Waals surface area contributed by atoms with Gasteiger partial charge in [0, 0.05) is 29.7 Å². The molecule has 2 rings (SSSR count). The van der Waals surface area contributed by atoms with E-state index < -0.39 is 5.97 Å². The molecule has 0 spiro atoms. The number of nitrogens with zero attached hydrogens (tertiary/aromatic N) is 1. The van der Waals surface area contributed by atoms with Crippen molar-refractivity contribution >= 4 is 5.97 Å². The molecule has 0 bridgehead atoms. The normalized spacial score (nSPS) is 12.4. The average molecular weight is 287 g/mol. The van der Waals surface area contributed by atoms with E-state index in [4.69, 9.17) is 16.6 Å². The average Bonchev–Trinajstić information content (AvgIpc) is 2.73. The zero-order valence-electron chi connectivity index (χ0n) is 12.6. The highest BCUT2D eigenvalue weighted by molar-refractivity contribution is 5.88. The molecule has 0 amide bonds. The number of carbonyl (C=O) groups is 1. The molecule has 0 aliphatic carbocycles. The highest BCUT2D eigenvalue weighted by atomic mass is 16.4. The SMILES string of the molecule is Cc1cc(C(=O)O)ccc1-n1c(C)cc(C(N)CN)c1C. The monoisotopic (exact) mass is 287 g/mol. The maximum atomic E-state index is 11.0. The van der Waals surface area contributed by atoms with Crippen LogP contribution in [0.2, 0.25) is 0 Å². The maximum absolute atomic E-state index is 11.0. The minimum atomic E-state index is -0.920. The topological polar surface area (TPSA) is 94.3 Å². The lowest BCUT2D eigenvalue weighted by Gasteiger charge is -2.15. The molecule has 5 nitrogen and oxygen atoms in total. The fraction of sp³-hybridized carbons (Fsp3) is 0.312. The van der Waals surface area contributed by atoms with Gasteiger partial charge in [-0.2, -0.15) is 0 Å². The zero-order chi connectivity index (χ0) is 15.7. The van der Waals surface area contributed by atoms with Crippen molar-refractivity contribution in [1.82, 2.24) is 4.57 Å². The molecule has 1 atom stereocenters. The Morgan fingerprint density at radius 2 is 1.95 bits per heavy atom. The van der Waals surface area contributed by atoms with E-state index in [1.165, 1.54) is 0 Å². The molecule has 1 aromatic carbocycles. The van der Waals surface area contributed by atoms with Crippen LogP contribution in [-0.4, -0.2) is 22.2 Å². The van der Waals surface area contributed by atoms with E-state index in [2.05, 4.69) is 4.57 Å². The minimum Gasteiger partial charge on any atom is -0.478 e. The fourth-order valence-corrected chi connectivity index (χ4v) is 2.70. The first kappa shape index (κ1) is 15.3. The highest BCUT2D eigenvalue weighted by Crippen LogP contribution is 2.26. The van der Waals surface area contributed by atoms with Crippen molar-refractivity contribution in [3.63, 3.8) is 0 Å². The Bertz CT molecular complexity index is 689. The lowest BCUT2D eigenvalue weighted by molar-refractivity contribution is 0.0697. The molecule has 0 saturated carbocycles. The molecule has 0 fully saturated rings. The van der Waals surface area contributed by atoms with Gasteiger partial charge in [0.05, 0.1) is 5.56 Å². The van der Waals surface area contributed by atoms with Crippen LogP contribution in [-0.2, 0) is 0 Å². The third kappa shape index (κ3) is 2.70. The number of hydrogen-bond acceptors (Lipinski definition) is 3. The van der Waals surface area contributed by atoms with Crippen LogP contribution in [0.1, 0.15) is 38.9 Å². The van der Waals surface area contributed by atoms with Gasteiger partial charge in [0.1, 0.15) is 0 Å². The molecule has 5 heteroatoms. The van der Waals surface area contributed by atoms with E-state index in [9.17, 15) is 4.79 Å². The van der Waals surface area contributed by atoms with Crippen molar-refractivity contribution in [3.05, 3.63) is 52.3 Å². The van der Waals surface area contributed by atoms with Crippen LogP contribution < -0.4 is 11.5 Å². The molecule has 0 aliphatic rings. The van der Waals surface area contributed by atoms with Gasteiger partial charge in [-0.15, -0.1) is 0 Å². The molecule has 2 aromatic rings. The third-order valence-corrected chi connectivity index (χ3v) is 3.81. The van der Waals surface area contributed by atoms with Crippen molar-refractivity contribution in [1.29, 1.82) is 0 Å². The number of benzene rings is 1. The molecule has 0 aliphatic heterocycles. The van der Waals surface area contributed by atoms with Gasteiger partial charge in [-0.25, -0.2) is 4.79 Å². The van der Waals surface area contributed by atoms with Crippen LogP contribution in [0.5, 0.6) is 0 Å². The van der Waals surface area contributed by atoms with E-state index in [1.807, 2.05) is 32.9 Å². The number of nitrogens with two attached hydrogens (primary N) is 2. The summed E-state index contributed by atoms with van der Waals surface area (Å²) in [4.78, 5) is 11.0. The molecule has 0 saturated heterocycles. The summed E-state index contributed by atoms with van der Waals surface area (Å²) >= 11 is 0. The Hall–Kier alpha value is -2.11. The number of rotatable bonds is 4. The number of aromatic nitrogens is 1. The van der Waals surface area contributed by atoms with Gasteiger partial charge in [0.25, 0.3) is 0 Å².